The highest BCUT2D eigenvalue weighted by molar-refractivity contribution is 6.33. The highest BCUT2D eigenvalue weighted by atomic mass is 35.5. The summed E-state index contributed by atoms with van der Waals surface area (Å²) in [6.45, 7) is 4.25. The third kappa shape index (κ3) is 4.82. The van der Waals surface area contributed by atoms with E-state index in [2.05, 4.69) is 24.1 Å². The van der Waals surface area contributed by atoms with Crippen LogP contribution < -0.4 is 10.9 Å². The number of carbonyl (C=O) groups excluding carboxylic acids is 1. The van der Waals surface area contributed by atoms with Gasteiger partial charge in [-0.15, -0.1) is 0 Å². The summed E-state index contributed by atoms with van der Waals surface area (Å²) in [4.78, 5) is 30.2. The third-order valence-corrected chi connectivity index (χ3v) is 6.96. The number of nitrogens with zero attached hydrogens (tertiary/aromatic N) is 1. The summed E-state index contributed by atoms with van der Waals surface area (Å²) in [5.41, 5.74) is 5.34. The summed E-state index contributed by atoms with van der Waals surface area (Å²) < 4.78 is 11.4. The predicted molar refractivity (Wildman–Crippen MR) is 154 cm³/mol. The monoisotopic (exact) mass is 534 g/mol. The Morgan fingerprint density at radius 1 is 0.846 bits per heavy atom. The van der Waals surface area contributed by atoms with Gasteiger partial charge in [-0.2, -0.15) is 0 Å². The summed E-state index contributed by atoms with van der Waals surface area (Å²) in [7, 11) is 0. The minimum absolute atomic E-state index is 0.306. The van der Waals surface area contributed by atoms with Gasteiger partial charge in [0.1, 0.15) is 11.1 Å². The Morgan fingerprint density at radius 2 is 1.64 bits per heavy atom. The second-order valence-electron chi connectivity index (χ2n) is 9.61. The summed E-state index contributed by atoms with van der Waals surface area (Å²) in [6.07, 6.45) is 0. The van der Waals surface area contributed by atoms with Crippen LogP contribution >= 0.6 is 11.6 Å². The van der Waals surface area contributed by atoms with E-state index in [4.69, 9.17) is 20.4 Å². The third-order valence-electron chi connectivity index (χ3n) is 6.63. The Bertz CT molecular complexity index is 1920. The number of hydrogen-bond donors (Lipinski definition) is 1. The van der Waals surface area contributed by atoms with Crippen LogP contribution in [0, 0.1) is 0 Å². The fraction of sp³-hybridized carbons (Fsp3) is 0.0938. The van der Waals surface area contributed by atoms with Crippen LogP contribution in [0.2, 0.25) is 5.02 Å². The standard InChI is InChI=1S/C32H23ClN2O4/c1-18(2)21-11-14-29-27(16-21)35-31(38-29)25-17-23(12-13-26(25)33)34-30(36)20-9-7-19(8-10-20)24-15-22-5-3-4-6-28(22)39-32(24)37/h3-18H,1-2H3,(H,34,36). The van der Waals surface area contributed by atoms with Gasteiger partial charge in [0, 0.05) is 16.6 Å². The number of carbonyl (C=O) groups is 1. The molecule has 0 saturated heterocycles. The van der Waals surface area contributed by atoms with Crippen molar-refractivity contribution < 1.29 is 13.6 Å². The number of nitrogens with one attached hydrogen (secondary N) is 1. The number of fused-ring (bicyclic) bond motifs is 2. The highest BCUT2D eigenvalue weighted by Gasteiger charge is 2.15. The van der Waals surface area contributed by atoms with Crippen LogP contribution in [-0.4, -0.2) is 10.9 Å². The Balaban J connectivity index is 1.24. The lowest BCUT2D eigenvalue weighted by molar-refractivity contribution is 0.102. The van der Waals surface area contributed by atoms with Crippen LogP contribution in [0.4, 0.5) is 5.69 Å². The summed E-state index contributed by atoms with van der Waals surface area (Å²) in [6, 6.07) is 27.0. The molecule has 0 spiro atoms. The number of oxazole rings is 1. The van der Waals surface area contributed by atoms with Crippen molar-refractivity contribution in [2.75, 3.05) is 5.32 Å². The van der Waals surface area contributed by atoms with Gasteiger partial charge in [-0.05, 0) is 71.6 Å². The molecule has 39 heavy (non-hydrogen) atoms. The van der Waals surface area contributed by atoms with Gasteiger partial charge in [0.05, 0.1) is 16.1 Å². The number of anilines is 1. The molecule has 0 saturated carbocycles. The van der Waals surface area contributed by atoms with Gasteiger partial charge in [0.15, 0.2) is 5.58 Å². The lowest BCUT2D eigenvalue weighted by Gasteiger charge is -2.08. The first-order valence-corrected chi connectivity index (χ1v) is 12.9. The largest absolute Gasteiger partial charge is 0.436 e. The second-order valence-corrected chi connectivity index (χ2v) is 10.0. The maximum absolute atomic E-state index is 13.0. The fourth-order valence-corrected chi connectivity index (χ4v) is 4.65. The zero-order chi connectivity index (χ0) is 27.1. The number of aromatic nitrogens is 1. The maximum atomic E-state index is 13.0. The van der Waals surface area contributed by atoms with Gasteiger partial charge in [-0.1, -0.05) is 61.8 Å². The average Bonchev–Trinajstić information content (AvgIpc) is 3.37. The van der Waals surface area contributed by atoms with Gasteiger partial charge in [-0.3, -0.25) is 4.79 Å². The van der Waals surface area contributed by atoms with Gasteiger partial charge in [0.2, 0.25) is 5.89 Å². The van der Waals surface area contributed by atoms with Gasteiger partial charge in [0.25, 0.3) is 5.91 Å². The van der Waals surface area contributed by atoms with Crippen LogP contribution in [0.15, 0.2) is 105 Å². The van der Waals surface area contributed by atoms with E-state index in [1.807, 2.05) is 36.4 Å². The molecule has 2 aromatic heterocycles. The normalized spacial score (nSPS) is 11.4. The van der Waals surface area contributed by atoms with E-state index in [0.717, 1.165) is 10.9 Å². The Hall–Kier alpha value is -4.68. The van der Waals surface area contributed by atoms with Crippen LogP contribution in [0.1, 0.15) is 35.7 Å². The first-order chi connectivity index (χ1) is 18.9. The molecule has 4 aromatic carbocycles. The molecular formula is C32H23ClN2O4. The molecule has 192 valence electrons. The van der Waals surface area contributed by atoms with E-state index >= 15 is 0 Å². The molecule has 0 aliphatic heterocycles. The van der Waals surface area contributed by atoms with Crippen molar-refractivity contribution in [1.29, 1.82) is 0 Å². The van der Waals surface area contributed by atoms with Crippen molar-refractivity contribution >= 4 is 45.3 Å². The number of para-hydroxylation sites is 1. The lowest BCUT2D eigenvalue weighted by atomic mass is 10.0. The summed E-state index contributed by atoms with van der Waals surface area (Å²) >= 11 is 6.47. The molecule has 7 heteroatoms. The number of halogens is 1. The molecular weight excluding hydrogens is 512 g/mol. The first kappa shape index (κ1) is 24.6. The van der Waals surface area contributed by atoms with Crippen molar-refractivity contribution in [2.24, 2.45) is 0 Å². The molecule has 0 bridgehead atoms. The highest BCUT2D eigenvalue weighted by Crippen LogP contribution is 2.33. The second kappa shape index (κ2) is 9.89. The molecule has 0 aliphatic rings. The maximum Gasteiger partial charge on any atom is 0.344 e. The van der Waals surface area contributed by atoms with Crippen molar-refractivity contribution in [1.82, 2.24) is 4.98 Å². The molecule has 0 fully saturated rings. The molecule has 0 aliphatic carbocycles. The van der Waals surface area contributed by atoms with Crippen molar-refractivity contribution in [3.05, 3.63) is 118 Å². The molecule has 6 rings (SSSR count). The van der Waals surface area contributed by atoms with E-state index in [-0.39, 0.29) is 5.91 Å². The number of benzene rings is 4. The average molecular weight is 535 g/mol. The van der Waals surface area contributed by atoms with Gasteiger partial charge >= 0.3 is 5.63 Å². The van der Waals surface area contributed by atoms with Crippen molar-refractivity contribution in [2.45, 2.75) is 19.8 Å². The molecule has 0 unspecified atom stereocenters. The molecule has 0 atom stereocenters. The van der Waals surface area contributed by atoms with Crippen LogP contribution in [0.3, 0.4) is 0 Å². The molecule has 1 amide bonds. The van der Waals surface area contributed by atoms with E-state index < -0.39 is 5.63 Å². The Kier molecular flexibility index (Phi) is 6.25. The number of hydrogen-bond acceptors (Lipinski definition) is 5. The van der Waals surface area contributed by atoms with E-state index in [9.17, 15) is 9.59 Å². The fourth-order valence-electron chi connectivity index (χ4n) is 4.45. The Morgan fingerprint density at radius 3 is 2.44 bits per heavy atom. The Labute approximate surface area is 228 Å². The molecule has 2 heterocycles. The zero-order valence-electron chi connectivity index (χ0n) is 21.2. The summed E-state index contributed by atoms with van der Waals surface area (Å²) in [5, 5.41) is 4.19. The SMILES string of the molecule is CC(C)c1ccc2oc(-c3cc(NC(=O)c4ccc(-c5cc6ccccc6oc5=O)cc4)ccc3Cl)nc2c1. The quantitative estimate of drug-likeness (QED) is 0.225. The smallest absolute Gasteiger partial charge is 0.344 e. The molecule has 1 N–H and O–H groups in total. The first-order valence-electron chi connectivity index (χ1n) is 12.5. The molecule has 0 radical (unpaired) electrons. The molecule has 6 aromatic rings. The number of amides is 1. The van der Waals surface area contributed by atoms with Gasteiger partial charge in [-0.25, -0.2) is 9.78 Å². The topological polar surface area (TPSA) is 85.3 Å². The number of rotatable bonds is 5. The minimum atomic E-state index is -0.431. The molecule has 6 nitrogen and oxygen atoms in total. The summed E-state index contributed by atoms with van der Waals surface area (Å²) in [5.74, 6) is 0.445. The van der Waals surface area contributed by atoms with E-state index in [1.165, 1.54) is 5.56 Å². The minimum Gasteiger partial charge on any atom is -0.436 e. The van der Waals surface area contributed by atoms with Crippen molar-refractivity contribution in [3.63, 3.8) is 0 Å². The predicted octanol–water partition coefficient (Wildman–Crippen LogP) is 8.30. The van der Waals surface area contributed by atoms with Gasteiger partial charge < -0.3 is 14.2 Å². The zero-order valence-corrected chi connectivity index (χ0v) is 22.0. The van der Waals surface area contributed by atoms with Crippen LogP contribution in [0.25, 0.3) is 44.7 Å². The lowest BCUT2D eigenvalue weighted by Crippen LogP contribution is -2.12. The van der Waals surface area contributed by atoms with E-state index in [0.29, 0.717) is 55.9 Å². The van der Waals surface area contributed by atoms with E-state index in [1.54, 1.807) is 54.6 Å². The van der Waals surface area contributed by atoms with Crippen LogP contribution in [0.5, 0.6) is 0 Å². The van der Waals surface area contributed by atoms with Crippen molar-refractivity contribution in [3.8, 4) is 22.6 Å². The van der Waals surface area contributed by atoms with Crippen LogP contribution in [-0.2, 0) is 0 Å².